The highest BCUT2D eigenvalue weighted by molar-refractivity contribution is 14.1. The predicted octanol–water partition coefficient (Wildman–Crippen LogP) is 3.76. The fourth-order valence-corrected chi connectivity index (χ4v) is 4.58. The Bertz CT molecular complexity index is 1230. The average Bonchev–Trinajstić information content (AvgIpc) is 2.84. The number of esters is 1. The lowest BCUT2D eigenvalue weighted by molar-refractivity contribution is -0.142. The molecule has 184 valence electrons. The first-order valence-corrected chi connectivity index (χ1v) is 13.3. The standard InChI is InChI=1S/C25H25IN2O6S/c1-2-33-24(29)16-18-8-12-20(13-9-18)27-25(30)23(17-34-21-6-4-3-5-7-21)28-35(31,32)22-14-10-19(26)11-15-22/h3-15,23,28H,2,16-17H2,1H3,(H,27,30). The number of carbonyl (C=O) groups excluding carboxylic acids is 2. The second kappa shape index (κ2) is 12.7. The molecule has 0 fully saturated rings. The van der Waals surface area contributed by atoms with Crippen LogP contribution in [0.1, 0.15) is 12.5 Å². The second-order valence-corrected chi connectivity index (χ2v) is 10.4. The lowest BCUT2D eigenvalue weighted by Gasteiger charge is -2.19. The number of rotatable bonds is 11. The molecule has 3 aromatic carbocycles. The molecule has 0 saturated heterocycles. The van der Waals surface area contributed by atoms with Crippen LogP contribution in [0.4, 0.5) is 5.69 Å². The molecule has 0 spiro atoms. The second-order valence-electron chi connectivity index (χ2n) is 7.42. The third-order valence-electron chi connectivity index (χ3n) is 4.77. The van der Waals surface area contributed by atoms with Crippen molar-refractivity contribution >= 4 is 50.2 Å². The van der Waals surface area contributed by atoms with Crippen LogP contribution >= 0.6 is 22.6 Å². The zero-order valence-electron chi connectivity index (χ0n) is 18.9. The van der Waals surface area contributed by atoms with Crippen molar-refractivity contribution < 1.29 is 27.5 Å². The van der Waals surface area contributed by atoms with Crippen molar-refractivity contribution in [3.8, 4) is 5.75 Å². The van der Waals surface area contributed by atoms with Crippen LogP contribution in [0.25, 0.3) is 0 Å². The van der Waals surface area contributed by atoms with E-state index in [0.717, 1.165) is 9.13 Å². The Hall–Kier alpha value is -2.96. The molecule has 3 rings (SSSR count). The number of anilines is 1. The molecule has 1 unspecified atom stereocenters. The molecule has 8 nitrogen and oxygen atoms in total. The average molecular weight is 608 g/mol. The summed E-state index contributed by atoms with van der Waals surface area (Å²) in [7, 11) is -3.99. The van der Waals surface area contributed by atoms with Gasteiger partial charge in [0.2, 0.25) is 15.9 Å². The first-order valence-electron chi connectivity index (χ1n) is 10.8. The monoisotopic (exact) mass is 608 g/mol. The van der Waals surface area contributed by atoms with Gasteiger partial charge in [-0.15, -0.1) is 0 Å². The maximum Gasteiger partial charge on any atom is 0.310 e. The van der Waals surface area contributed by atoms with Gasteiger partial charge in [0.05, 0.1) is 17.9 Å². The van der Waals surface area contributed by atoms with Crippen LogP contribution in [-0.2, 0) is 30.8 Å². The van der Waals surface area contributed by atoms with Gasteiger partial charge in [0.1, 0.15) is 18.4 Å². The van der Waals surface area contributed by atoms with Crippen molar-refractivity contribution in [1.82, 2.24) is 4.72 Å². The summed E-state index contributed by atoms with van der Waals surface area (Å²) in [6.07, 6.45) is 0.116. The Balaban J connectivity index is 1.74. The molecule has 0 bridgehead atoms. The Morgan fingerprint density at radius 2 is 1.60 bits per heavy atom. The predicted molar refractivity (Wildman–Crippen MR) is 141 cm³/mol. The molecule has 1 amide bonds. The van der Waals surface area contributed by atoms with Gasteiger partial charge in [0.25, 0.3) is 0 Å². The Kier molecular flexibility index (Phi) is 9.64. The number of halogens is 1. The lowest BCUT2D eigenvalue weighted by atomic mass is 10.1. The maximum atomic E-state index is 13.1. The molecule has 10 heteroatoms. The van der Waals surface area contributed by atoms with E-state index >= 15 is 0 Å². The van der Waals surface area contributed by atoms with Crippen LogP contribution < -0.4 is 14.8 Å². The molecule has 0 aromatic heterocycles. The fraction of sp³-hybridized carbons (Fsp3) is 0.200. The van der Waals surface area contributed by atoms with Gasteiger partial charge in [-0.3, -0.25) is 9.59 Å². The number of sulfonamides is 1. The number of benzene rings is 3. The Morgan fingerprint density at radius 1 is 0.943 bits per heavy atom. The molecule has 0 aliphatic carbocycles. The molecule has 0 aliphatic rings. The molecule has 0 saturated carbocycles. The summed E-state index contributed by atoms with van der Waals surface area (Å²) in [5, 5.41) is 2.70. The molecular weight excluding hydrogens is 583 g/mol. The van der Waals surface area contributed by atoms with E-state index in [9.17, 15) is 18.0 Å². The number of amides is 1. The Morgan fingerprint density at radius 3 is 2.23 bits per heavy atom. The number of ether oxygens (including phenoxy) is 2. The number of carbonyl (C=O) groups is 2. The van der Waals surface area contributed by atoms with E-state index in [-0.39, 0.29) is 23.9 Å². The van der Waals surface area contributed by atoms with E-state index in [1.165, 1.54) is 12.1 Å². The van der Waals surface area contributed by atoms with Crippen LogP contribution in [0, 0.1) is 3.57 Å². The van der Waals surface area contributed by atoms with Gasteiger partial charge >= 0.3 is 5.97 Å². The number of hydrogen-bond acceptors (Lipinski definition) is 6. The van der Waals surface area contributed by atoms with Crippen molar-refractivity contribution in [2.24, 2.45) is 0 Å². The molecule has 3 aromatic rings. The summed E-state index contributed by atoms with van der Waals surface area (Å²) in [4.78, 5) is 24.7. The van der Waals surface area contributed by atoms with E-state index in [1.54, 1.807) is 67.6 Å². The largest absolute Gasteiger partial charge is 0.491 e. The maximum absolute atomic E-state index is 13.1. The molecule has 0 radical (unpaired) electrons. The summed E-state index contributed by atoms with van der Waals surface area (Å²) in [6, 6.07) is 20.5. The smallest absolute Gasteiger partial charge is 0.310 e. The van der Waals surface area contributed by atoms with Crippen LogP contribution in [-0.4, -0.2) is 39.5 Å². The lowest BCUT2D eigenvalue weighted by Crippen LogP contribution is -2.47. The van der Waals surface area contributed by atoms with Gasteiger partial charge in [-0.2, -0.15) is 4.72 Å². The zero-order valence-corrected chi connectivity index (χ0v) is 21.9. The van der Waals surface area contributed by atoms with Gasteiger partial charge in [-0.05, 0) is 83.6 Å². The van der Waals surface area contributed by atoms with Crippen molar-refractivity contribution in [3.05, 3.63) is 88.0 Å². The minimum atomic E-state index is -3.99. The van der Waals surface area contributed by atoms with E-state index < -0.39 is 22.0 Å². The van der Waals surface area contributed by atoms with E-state index in [4.69, 9.17) is 9.47 Å². The van der Waals surface area contributed by atoms with Gasteiger partial charge < -0.3 is 14.8 Å². The zero-order chi connectivity index (χ0) is 25.3. The molecule has 0 heterocycles. The van der Waals surface area contributed by atoms with E-state index in [0.29, 0.717) is 18.0 Å². The Labute approximate surface area is 218 Å². The van der Waals surface area contributed by atoms with Crippen LogP contribution in [0.2, 0.25) is 0 Å². The summed E-state index contributed by atoms with van der Waals surface area (Å²) in [5.41, 5.74) is 1.17. The summed E-state index contributed by atoms with van der Waals surface area (Å²) in [6.45, 7) is 1.82. The van der Waals surface area contributed by atoms with Crippen molar-refractivity contribution in [3.63, 3.8) is 0 Å². The summed E-state index contributed by atoms with van der Waals surface area (Å²) in [5.74, 6) is -0.428. The number of hydrogen-bond donors (Lipinski definition) is 2. The first-order chi connectivity index (χ1) is 16.8. The van der Waals surface area contributed by atoms with Crippen molar-refractivity contribution in [1.29, 1.82) is 0 Å². The van der Waals surface area contributed by atoms with Gasteiger partial charge in [0.15, 0.2) is 0 Å². The minimum Gasteiger partial charge on any atom is -0.491 e. The normalized spacial score (nSPS) is 11.9. The molecule has 35 heavy (non-hydrogen) atoms. The van der Waals surface area contributed by atoms with Crippen molar-refractivity contribution in [2.45, 2.75) is 24.3 Å². The quantitative estimate of drug-likeness (QED) is 0.254. The van der Waals surface area contributed by atoms with E-state index in [2.05, 4.69) is 32.6 Å². The van der Waals surface area contributed by atoms with E-state index in [1.807, 2.05) is 6.07 Å². The first kappa shape index (κ1) is 26.6. The minimum absolute atomic E-state index is 0.0405. The SMILES string of the molecule is CCOC(=O)Cc1ccc(NC(=O)C(COc2ccccc2)NS(=O)(=O)c2ccc(I)cc2)cc1. The third-order valence-corrected chi connectivity index (χ3v) is 6.98. The number of nitrogens with one attached hydrogen (secondary N) is 2. The third kappa shape index (κ3) is 8.34. The van der Waals surface area contributed by atoms with Gasteiger partial charge in [0, 0.05) is 9.26 Å². The topological polar surface area (TPSA) is 111 Å². The van der Waals surface area contributed by atoms with Crippen LogP contribution in [0.3, 0.4) is 0 Å². The highest BCUT2D eigenvalue weighted by Crippen LogP contribution is 2.15. The van der Waals surface area contributed by atoms with Gasteiger partial charge in [-0.1, -0.05) is 30.3 Å². The van der Waals surface area contributed by atoms with Crippen LogP contribution in [0.5, 0.6) is 5.75 Å². The van der Waals surface area contributed by atoms with Gasteiger partial charge in [-0.25, -0.2) is 8.42 Å². The molecule has 2 N–H and O–H groups in total. The molecule has 1 atom stereocenters. The highest BCUT2D eigenvalue weighted by atomic mass is 127. The van der Waals surface area contributed by atoms with Crippen LogP contribution in [0.15, 0.2) is 83.8 Å². The fourth-order valence-electron chi connectivity index (χ4n) is 3.04. The highest BCUT2D eigenvalue weighted by Gasteiger charge is 2.27. The summed E-state index contributed by atoms with van der Waals surface area (Å²) >= 11 is 2.08. The summed E-state index contributed by atoms with van der Waals surface area (Å²) < 4.78 is 39.8. The van der Waals surface area contributed by atoms with Crippen molar-refractivity contribution in [2.75, 3.05) is 18.5 Å². The number of para-hydroxylation sites is 1. The molecule has 0 aliphatic heterocycles. The molecular formula is C25H25IN2O6S.